The van der Waals surface area contributed by atoms with Gasteiger partial charge < -0.3 is 4.90 Å². The van der Waals surface area contributed by atoms with E-state index < -0.39 is 0 Å². The van der Waals surface area contributed by atoms with E-state index in [4.69, 9.17) is 6.42 Å². The quantitative estimate of drug-likeness (QED) is 0.492. The Labute approximate surface area is 55.8 Å². The van der Waals surface area contributed by atoms with Crippen LogP contribution in [0, 0.1) is 12.3 Å². The lowest BCUT2D eigenvalue weighted by atomic mass is 10.4. The number of terminal acetylenes is 1. The van der Waals surface area contributed by atoms with Gasteiger partial charge in [-0.05, 0) is 12.3 Å². The molecule has 0 atom stereocenters. The Balaban J connectivity index is 3.62. The summed E-state index contributed by atoms with van der Waals surface area (Å²) < 4.78 is 0. The maximum atomic E-state index is 10.6. The molecule has 0 aromatic rings. The van der Waals surface area contributed by atoms with Gasteiger partial charge in [0.25, 0.3) is 5.91 Å². The molecular formula is C7H11NO. The summed E-state index contributed by atoms with van der Waals surface area (Å²) in [6, 6.07) is 0. The zero-order valence-corrected chi connectivity index (χ0v) is 5.85. The number of carbonyl (C=O) groups excluding carboxylic acids is 1. The predicted octanol–water partition coefficient (Wildman–Crippen LogP) is 0.488. The van der Waals surface area contributed by atoms with Crippen molar-refractivity contribution in [2.75, 3.05) is 13.6 Å². The largest absolute Gasteiger partial charge is 0.335 e. The summed E-state index contributed by atoms with van der Waals surface area (Å²) in [5.74, 6) is 1.80. The maximum Gasteiger partial charge on any atom is 0.297 e. The highest BCUT2D eigenvalue weighted by molar-refractivity contribution is 5.92. The molecule has 2 nitrogen and oxygen atoms in total. The molecule has 0 aliphatic carbocycles. The van der Waals surface area contributed by atoms with Gasteiger partial charge in [-0.2, -0.15) is 0 Å². The molecule has 0 rings (SSSR count). The highest BCUT2D eigenvalue weighted by atomic mass is 16.2. The van der Waals surface area contributed by atoms with Crippen LogP contribution in [0.4, 0.5) is 0 Å². The maximum absolute atomic E-state index is 10.6. The summed E-state index contributed by atoms with van der Waals surface area (Å²) in [6.45, 7) is 2.74. The molecule has 0 aromatic carbocycles. The molecule has 0 bridgehead atoms. The van der Waals surface area contributed by atoms with E-state index in [1.54, 1.807) is 7.05 Å². The number of hydrogen-bond donors (Lipinski definition) is 0. The van der Waals surface area contributed by atoms with Crippen molar-refractivity contribution >= 4 is 5.91 Å². The van der Waals surface area contributed by atoms with Gasteiger partial charge in [-0.15, -0.1) is 6.42 Å². The van der Waals surface area contributed by atoms with Gasteiger partial charge >= 0.3 is 0 Å². The van der Waals surface area contributed by atoms with Crippen molar-refractivity contribution in [3.63, 3.8) is 0 Å². The summed E-state index contributed by atoms with van der Waals surface area (Å²) in [7, 11) is 1.70. The Morgan fingerprint density at radius 2 is 2.33 bits per heavy atom. The third-order valence-electron chi connectivity index (χ3n) is 1.03. The lowest BCUT2D eigenvalue weighted by Gasteiger charge is -2.10. The Kier molecular flexibility index (Phi) is 3.54. The van der Waals surface area contributed by atoms with E-state index in [9.17, 15) is 4.79 Å². The van der Waals surface area contributed by atoms with Gasteiger partial charge in [-0.25, -0.2) is 0 Å². The van der Waals surface area contributed by atoms with Crippen LogP contribution in [-0.4, -0.2) is 24.4 Å². The van der Waals surface area contributed by atoms with Crippen LogP contribution in [0.2, 0.25) is 0 Å². The molecule has 0 unspecified atom stereocenters. The number of nitrogens with zero attached hydrogens (tertiary/aromatic N) is 1. The predicted molar refractivity (Wildman–Crippen MR) is 36.8 cm³/mol. The lowest BCUT2D eigenvalue weighted by molar-refractivity contribution is -0.123. The Morgan fingerprint density at radius 3 is 2.67 bits per heavy atom. The number of hydrogen-bond acceptors (Lipinski definition) is 1. The molecule has 0 spiro atoms. The van der Waals surface area contributed by atoms with E-state index in [1.807, 2.05) is 12.8 Å². The molecule has 1 amide bonds. The fourth-order valence-corrected chi connectivity index (χ4v) is 0.547. The van der Waals surface area contributed by atoms with Crippen molar-refractivity contribution in [2.24, 2.45) is 0 Å². The third-order valence-corrected chi connectivity index (χ3v) is 1.03. The summed E-state index contributed by atoms with van der Waals surface area (Å²) in [5.41, 5.74) is 0. The van der Waals surface area contributed by atoms with E-state index in [1.165, 1.54) is 4.90 Å². The van der Waals surface area contributed by atoms with E-state index in [2.05, 4.69) is 0 Å². The SMILES string of the molecule is C#CC(=O)N(C)CCC. The van der Waals surface area contributed by atoms with Crippen LogP contribution in [0.25, 0.3) is 0 Å². The highest BCUT2D eigenvalue weighted by Crippen LogP contribution is 1.84. The molecule has 0 aliphatic heterocycles. The molecule has 0 fully saturated rings. The van der Waals surface area contributed by atoms with Crippen molar-refractivity contribution < 1.29 is 4.79 Å². The zero-order valence-electron chi connectivity index (χ0n) is 5.85. The van der Waals surface area contributed by atoms with Crippen LogP contribution in [0.1, 0.15) is 13.3 Å². The normalized spacial score (nSPS) is 8.11. The second kappa shape index (κ2) is 3.96. The van der Waals surface area contributed by atoms with E-state index in [0.717, 1.165) is 13.0 Å². The van der Waals surface area contributed by atoms with Crippen LogP contribution >= 0.6 is 0 Å². The van der Waals surface area contributed by atoms with Gasteiger partial charge in [0.15, 0.2) is 0 Å². The van der Waals surface area contributed by atoms with Gasteiger partial charge in [-0.1, -0.05) is 6.92 Å². The van der Waals surface area contributed by atoms with Crippen molar-refractivity contribution in [3.8, 4) is 12.3 Å². The van der Waals surface area contributed by atoms with Crippen LogP contribution in [-0.2, 0) is 4.79 Å². The fraction of sp³-hybridized carbons (Fsp3) is 0.571. The molecule has 0 saturated heterocycles. The standard InChI is InChI=1S/C7H11NO/c1-4-6-8(3)7(9)5-2/h2H,4,6H2,1,3H3. The zero-order chi connectivity index (χ0) is 7.28. The molecule has 0 aromatic heterocycles. The topological polar surface area (TPSA) is 20.3 Å². The first-order valence-electron chi connectivity index (χ1n) is 2.94. The number of rotatable bonds is 2. The first kappa shape index (κ1) is 8.03. The fourth-order valence-electron chi connectivity index (χ4n) is 0.547. The van der Waals surface area contributed by atoms with Crippen molar-refractivity contribution in [3.05, 3.63) is 0 Å². The average Bonchev–Trinajstić information content (AvgIpc) is 1.87. The summed E-state index contributed by atoms with van der Waals surface area (Å²) >= 11 is 0. The molecular weight excluding hydrogens is 114 g/mol. The summed E-state index contributed by atoms with van der Waals surface area (Å²) in [5, 5.41) is 0. The minimum Gasteiger partial charge on any atom is -0.335 e. The first-order valence-corrected chi connectivity index (χ1v) is 2.94. The van der Waals surface area contributed by atoms with Crippen LogP contribution in [0.5, 0.6) is 0 Å². The first-order chi connectivity index (χ1) is 4.22. The minimum atomic E-state index is -0.239. The molecule has 0 radical (unpaired) electrons. The molecule has 50 valence electrons. The number of amides is 1. The van der Waals surface area contributed by atoms with E-state index in [0.29, 0.717) is 0 Å². The van der Waals surface area contributed by atoms with Crippen molar-refractivity contribution in [1.29, 1.82) is 0 Å². The second-order valence-electron chi connectivity index (χ2n) is 1.87. The number of carbonyl (C=O) groups is 1. The summed E-state index contributed by atoms with van der Waals surface area (Å²) in [6.07, 6.45) is 5.81. The molecule has 0 heterocycles. The van der Waals surface area contributed by atoms with E-state index in [-0.39, 0.29) is 5.91 Å². The second-order valence-corrected chi connectivity index (χ2v) is 1.87. The van der Waals surface area contributed by atoms with Gasteiger partial charge in [0.1, 0.15) is 0 Å². The third kappa shape index (κ3) is 2.76. The van der Waals surface area contributed by atoms with Crippen LogP contribution in [0.15, 0.2) is 0 Å². The monoisotopic (exact) mass is 125 g/mol. The molecule has 0 saturated carbocycles. The average molecular weight is 125 g/mol. The van der Waals surface area contributed by atoms with Crippen molar-refractivity contribution in [1.82, 2.24) is 4.90 Å². The Hall–Kier alpha value is -0.970. The highest BCUT2D eigenvalue weighted by Gasteiger charge is 2.00. The Morgan fingerprint density at radius 1 is 1.78 bits per heavy atom. The smallest absolute Gasteiger partial charge is 0.297 e. The van der Waals surface area contributed by atoms with Crippen LogP contribution in [0.3, 0.4) is 0 Å². The van der Waals surface area contributed by atoms with E-state index >= 15 is 0 Å². The van der Waals surface area contributed by atoms with Crippen LogP contribution < -0.4 is 0 Å². The van der Waals surface area contributed by atoms with Gasteiger partial charge in [0, 0.05) is 13.6 Å². The Bertz CT molecular complexity index is 134. The molecule has 9 heavy (non-hydrogen) atoms. The van der Waals surface area contributed by atoms with Crippen molar-refractivity contribution in [2.45, 2.75) is 13.3 Å². The molecule has 2 heteroatoms. The van der Waals surface area contributed by atoms with Gasteiger partial charge in [0.2, 0.25) is 0 Å². The lowest BCUT2D eigenvalue weighted by Crippen LogP contribution is -2.25. The summed E-state index contributed by atoms with van der Waals surface area (Å²) in [4.78, 5) is 12.1. The molecule has 0 aliphatic rings. The van der Waals surface area contributed by atoms with Gasteiger partial charge in [0.05, 0.1) is 0 Å². The van der Waals surface area contributed by atoms with Gasteiger partial charge in [-0.3, -0.25) is 4.79 Å². The molecule has 0 N–H and O–H groups in total. The minimum absolute atomic E-state index is 0.239.